The van der Waals surface area contributed by atoms with E-state index in [1.54, 1.807) is 0 Å². The quantitative estimate of drug-likeness (QED) is 0.641. The van der Waals surface area contributed by atoms with Gasteiger partial charge in [-0.15, -0.1) is 11.6 Å². The Balaban J connectivity index is 2.53. The average molecular weight is 217 g/mol. The van der Waals surface area contributed by atoms with Crippen molar-refractivity contribution in [3.05, 3.63) is 60.2 Å². The van der Waals surface area contributed by atoms with Crippen LogP contribution in [-0.4, -0.2) is 0 Å². The summed E-state index contributed by atoms with van der Waals surface area (Å²) in [6, 6.07) is 18.6. The lowest BCUT2D eigenvalue weighted by atomic mass is 9.98. The van der Waals surface area contributed by atoms with Crippen LogP contribution in [0, 0.1) is 0 Å². The van der Waals surface area contributed by atoms with Crippen molar-refractivity contribution >= 4 is 11.6 Å². The van der Waals surface area contributed by atoms with Gasteiger partial charge < -0.3 is 0 Å². The molecule has 0 aromatic heterocycles. The summed E-state index contributed by atoms with van der Waals surface area (Å²) in [6.45, 7) is 2.00. The molecule has 0 spiro atoms. The van der Waals surface area contributed by atoms with Gasteiger partial charge in [0.05, 0.1) is 5.38 Å². The molecule has 0 nitrogen and oxygen atoms in total. The third-order valence-electron chi connectivity index (χ3n) is 2.47. The Bertz CT molecular complexity index is 432. The second-order valence-electron chi connectivity index (χ2n) is 3.57. The number of hydrogen-bond donors (Lipinski definition) is 0. The Labute approximate surface area is 95.5 Å². The van der Waals surface area contributed by atoms with Gasteiger partial charge in [0.15, 0.2) is 0 Å². The fourth-order valence-corrected chi connectivity index (χ4v) is 1.91. The van der Waals surface area contributed by atoms with Gasteiger partial charge in [0, 0.05) is 0 Å². The van der Waals surface area contributed by atoms with E-state index in [2.05, 4.69) is 24.3 Å². The highest BCUT2D eigenvalue weighted by atomic mass is 35.5. The molecule has 2 aromatic carbocycles. The molecular weight excluding hydrogens is 204 g/mol. The van der Waals surface area contributed by atoms with Crippen molar-refractivity contribution in [2.75, 3.05) is 0 Å². The fraction of sp³-hybridized carbons (Fsp3) is 0.143. The van der Waals surface area contributed by atoms with E-state index < -0.39 is 0 Å². The number of halogens is 1. The molecule has 1 atom stereocenters. The molecular formula is C14H13Cl. The van der Waals surface area contributed by atoms with Crippen LogP contribution >= 0.6 is 11.6 Å². The van der Waals surface area contributed by atoms with E-state index in [9.17, 15) is 0 Å². The molecule has 0 radical (unpaired) electrons. The fourth-order valence-electron chi connectivity index (χ4n) is 1.72. The Morgan fingerprint density at radius 1 is 0.867 bits per heavy atom. The second-order valence-corrected chi connectivity index (χ2v) is 4.22. The number of benzene rings is 2. The highest BCUT2D eigenvalue weighted by Crippen LogP contribution is 2.30. The molecule has 76 valence electrons. The zero-order valence-corrected chi connectivity index (χ0v) is 9.41. The molecule has 0 N–H and O–H groups in total. The summed E-state index contributed by atoms with van der Waals surface area (Å²) in [5.74, 6) is 0. The lowest BCUT2D eigenvalue weighted by Crippen LogP contribution is -1.89. The SMILES string of the molecule is CC(Cl)c1ccccc1-c1ccccc1. The maximum atomic E-state index is 6.16. The smallest absolute Gasteiger partial charge is 0.0563 e. The minimum atomic E-state index is 0.0430. The summed E-state index contributed by atoms with van der Waals surface area (Å²) in [5.41, 5.74) is 3.63. The third kappa shape index (κ3) is 2.21. The van der Waals surface area contributed by atoms with E-state index >= 15 is 0 Å². The zero-order valence-electron chi connectivity index (χ0n) is 8.65. The van der Waals surface area contributed by atoms with E-state index in [1.165, 1.54) is 16.7 Å². The van der Waals surface area contributed by atoms with Gasteiger partial charge >= 0.3 is 0 Å². The summed E-state index contributed by atoms with van der Waals surface area (Å²) < 4.78 is 0. The molecule has 0 bridgehead atoms. The van der Waals surface area contributed by atoms with Crippen molar-refractivity contribution in [1.29, 1.82) is 0 Å². The van der Waals surface area contributed by atoms with Gasteiger partial charge in [0.1, 0.15) is 0 Å². The molecule has 1 unspecified atom stereocenters. The molecule has 15 heavy (non-hydrogen) atoms. The summed E-state index contributed by atoms with van der Waals surface area (Å²) >= 11 is 6.16. The number of alkyl halides is 1. The average Bonchev–Trinajstić information content (AvgIpc) is 2.30. The van der Waals surface area contributed by atoms with Crippen molar-refractivity contribution in [2.24, 2.45) is 0 Å². The molecule has 1 heteroatoms. The van der Waals surface area contributed by atoms with Crippen LogP contribution in [0.1, 0.15) is 17.9 Å². The molecule has 0 fully saturated rings. The lowest BCUT2D eigenvalue weighted by molar-refractivity contribution is 1.09. The first-order chi connectivity index (χ1) is 7.29. The summed E-state index contributed by atoms with van der Waals surface area (Å²) in [5, 5.41) is 0.0430. The highest BCUT2D eigenvalue weighted by Gasteiger charge is 2.07. The first kappa shape index (κ1) is 10.3. The van der Waals surface area contributed by atoms with Crippen LogP contribution in [0.4, 0.5) is 0 Å². The van der Waals surface area contributed by atoms with Crippen molar-refractivity contribution in [1.82, 2.24) is 0 Å². The molecule has 0 saturated heterocycles. The summed E-state index contributed by atoms with van der Waals surface area (Å²) in [6.07, 6.45) is 0. The van der Waals surface area contributed by atoms with Gasteiger partial charge in [-0.05, 0) is 23.6 Å². The molecule has 0 heterocycles. The first-order valence-electron chi connectivity index (χ1n) is 5.07. The van der Waals surface area contributed by atoms with Crippen LogP contribution < -0.4 is 0 Å². The topological polar surface area (TPSA) is 0 Å². The molecule has 0 aliphatic carbocycles. The van der Waals surface area contributed by atoms with Crippen molar-refractivity contribution in [3.8, 4) is 11.1 Å². The third-order valence-corrected chi connectivity index (χ3v) is 2.71. The van der Waals surface area contributed by atoms with Gasteiger partial charge in [0.25, 0.3) is 0 Å². The first-order valence-corrected chi connectivity index (χ1v) is 5.51. The van der Waals surface area contributed by atoms with Gasteiger partial charge in [-0.25, -0.2) is 0 Å². The van der Waals surface area contributed by atoms with Gasteiger partial charge in [-0.1, -0.05) is 54.6 Å². The zero-order chi connectivity index (χ0) is 10.7. The number of hydrogen-bond acceptors (Lipinski definition) is 0. The van der Waals surface area contributed by atoms with Crippen LogP contribution in [0.2, 0.25) is 0 Å². The van der Waals surface area contributed by atoms with Crippen LogP contribution in [0.5, 0.6) is 0 Å². The van der Waals surface area contributed by atoms with E-state index in [1.807, 2.05) is 37.3 Å². The van der Waals surface area contributed by atoms with Crippen LogP contribution in [-0.2, 0) is 0 Å². The van der Waals surface area contributed by atoms with E-state index in [0.29, 0.717) is 0 Å². The van der Waals surface area contributed by atoms with Crippen LogP contribution in [0.3, 0.4) is 0 Å². The van der Waals surface area contributed by atoms with E-state index in [0.717, 1.165) is 0 Å². The Morgan fingerprint density at radius 2 is 1.47 bits per heavy atom. The van der Waals surface area contributed by atoms with E-state index in [4.69, 9.17) is 11.6 Å². The second kappa shape index (κ2) is 4.50. The lowest BCUT2D eigenvalue weighted by Gasteiger charge is -2.10. The predicted molar refractivity (Wildman–Crippen MR) is 66.1 cm³/mol. The van der Waals surface area contributed by atoms with Crippen LogP contribution in [0.15, 0.2) is 54.6 Å². The monoisotopic (exact) mass is 216 g/mol. The van der Waals surface area contributed by atoms with Crippen molar-refractivity contribution in [2.45, 2.75) is 12.3 Å². The molecule has 0 saturated carbocycles. The molecule has 0 aliphatic rings. The van der Waals surface area contributed by atoms with Gasteiger partial charge in [-0.3, -0.25) is 0 Å². The largest absolute Gasteiger partial charge is 0.118 e. The maximum Gasteiger partial charge on any atom is 0.0563 e. The standard InChI is InChI=1S/C14H13Cl/c1-11(15)13-9-5-6-10-14(13)12-7-3-2-4-8-12/h2-11H,1H3. The number of rotatable bonds is 2. The molecule has 2 rings (SSSR count). The molecule has 0 amide bonds. The van der Waals surface area contributed by atoms with Gasteiger partial charge in [0.2, 0.25) is 0 Å². The summed E-state index contributed by atoms with van der Waals surface area (Å²) in [7, 11) is 0. The Morgan fingerprint density at radius 3 is 2.13 bits per heavy atom. The maximum absolute atomic E-state index is 6.16. The Kier molecular flexibility index (Phi) is 3.08. The highest BCUT2D eigenvalue weighted by molar-refractivity contribution is 6.21. The minimum Gasteiger partial charge on any atom is -0.118 e. The minimum absolute atomic E-state index is 0.0430. The molecule has 2 aromatic rings. The van der Waals surface area contributed by atoms with Crippen molar-refractivity contribution < 1.29 is 0 Å². The normalized spacial score (nSPS) is 12.4. The van der Waals surface area contributed by atoms with Crippen molar-refractivity contribution in [3.63, 3.8) is 0 Å². The molecule has 0 aliphatic heterocycles. The predicted octanol–water partition coefficient (Wildman–Crippen LogP) is 4.65. The Hall–Kier alpha value is -1.27. The van der Waals surface area contributed by atoms with Gasteiger partial charge in [-0.2, -0.15) is 0 Å². The van der Waals surface area contributed by atoms with Crippen LogP contribution in [0.25, 0.3) is 11.1 Å². The summed E-state index contributed by atoms with van der Waals surface area (Å²) in [4.78, 5) is 0. The van der Waals surface area contributed by atoms with E-state index in [-0.39, 0.29) is 5.38 Å².